The number of hydrogen-bond donors (Lipinski definition) is 1. The quantitative estimate of drug-likeness (QED) is 0.874. The fourth-order valence-corrected chi connectivity index (χ4v) is 2.91. The number of hydrogen-bond acceptors (Lipinski definition) is 5. The lowest BCUT2D eigenvalue weighted by Crippen LogP contribution is -2.26. The van der Waals surface area contributed by atoms with Crippen molar-refractivity contribution in [2.45, 2.75) is 30.1 Å². The summed E-state index contributed by atoms with van der Waals surface area (Å²) in [6.45, 7) is 2.08. The maximum absolute atomic E-state index is 5.43. The lowest BCUT2D eigenvalue weighted by Gasteiger charge is -2.18. The van der Waals surface area contributed by atoms with E-state index in [-0.39, 0.29) is 12.4 Å². The summed E-state index contributed by atoms with van der Waals surface area (Å²) in [5, 5.41) is 7.47. The van der Waals surface area contributed by atoms with Crippen LogP contribution in [0.15, 0.2) is 33.7 Å². The number of nitrogens with zero attached hydrogens (tertiary/aromatic N) is 2. The molecule has 0 spiro atoms. The van der Waals surface area contributed by atoms with Crippen LogP contribution in [0.4, 0.5) is 0 Å². The van der Waals surface area contributed by atoms with Gasteiger partial charge in [0.05, 0.1) is 0 Å². The van der Waals surface area contributed by atoms with E-state index in [1.54, 1.807) is 11.8 Å². The molecule has 0 unspecified atom stereocenters. The van der Waals surface area contributed by atoms with Crippen molar-refractivity contribution in [3.05, 3.63) is 41.5 Å². The zero-order valence-corrected chi connectivity index (χ0v) is 13.7. The molecule has 0 radical (unpaired) electrons. The Labute approximate surface area is 135 Å². The van der Waals surface area contributed by atoms with Gasteiger partial charge in [0, 0.05) is 17.2 Å². The molecule has 1 N–H and O–H groups in total. The molecule has 1 saturated heterocycles. The second kappa shape index (κ2) is 7.82. The molecule has 0 atom stereocenters. The van der Waals surface area contributed by atoms with Crippen molar-refractivity contribution in [1.29, 1.82) is 0 Å². The monoisotopic (exact) mass is 325 g/mol. The first kappa shape index (κ1) is 16.3. The van der Waals surface area contributed by atoms with Crippen LogP contribution in [-0.4, -0.2) is 29.5 Å². The van der Waals surface area contributed by atoms with E-state index >= 15 is 0 Å². The third-order valence-electron chi connectivity index (χ3n) is 3.69. The Morgan fingerprint density at radius 3 is 2.62 bits per heavy atom. The van der Waals surface area contributed by atoms with Crippen molar-refractivity contribution < 1.29 is 4.52 Å². The van der Waals surface area contributed by atoms with E-state index in [9.17, 15) is 0 Å². The van der Waals surface area contributed by atoms with Crippen LogP contribution in [0.5, 0.6) is 0 Å². The third kappa shape index (κ3) is 4.22. The van der Waals surface area contributed by atoms with Crippen LogP contribution in [0.3, 0.4) is 0 Å². The number of thioether (sulfide) groups is 1. The van der Waals surface area contributed by atoms with Gasteiger partial charge in [0.25, 0.3) is 0 Å². The molecule has 6 heteroatoms. The van der Waals surface area contributed by atoms with E-state index < -0.39 is 0 Å². The fraction of sp³-hybridized carbons (Fsp3) is 0.467. The second-order valence-electron chi connectivity index (χ2n) is 5.10. The van der Waals surface area contributed by atoms with E-state index in [4.69, 9.17) is 4.52 Å². The Morgan fingerprint density at radius 1 is 1.24 bits per heavy atom. The molecule has 1 fully saturated rings. The predicted octanol–water partition coefficient (Wildman–Crippen LogP) is 3.27. The van der Waals surface area contributed by atoms with Crippen LogP contribution < -0.4 is 5.32 Å². The maximum Gasteiger partial charge on any atom is 0.229 e. The highest BCUT2D eigenvalue weighted by Crippen LogP contribution is 2.24. The zero-order valence-electron chi connectivity index (χ0n) is 12.0. The number of piperidine rings is 1. The van der Waals surface area contributed by atoms with Gasteiger partial charge < -0.3 is 9.84 Å². The Bertz CT molecular complexity index is 552. The largest absolute Gasteiger partial charge is 0.339 e. The van der Waals surface area contributed by atoms with E-state index in [0.29, 0.717) is 5.92 Å². The lowest BCUT2D eigenvalue weighted by molar-refractivity contribution is 0.318. The molecular weight excluding hydrogens is 306 g/mol. The normalized spacial score (nSPS) is 15.7. The summed E-state index contributed by atoms with van der Waals surface area (Å²) in [5.74, 6) is 2.02. The van der Waals surface area contributed by atoms with E-state index in [2.05, 4.69) is 46.0 Å². The summed E-state index contributed by atoms with van der Waals surface area (Å²) in [6.07, 6.45) is 5.00. The van der Waals surface area contributed by atoms with Crippen LogP contribution in [0, 0.1) is 0 Å². The van der Waals surface area contributed by atoms with Gasteiger partial charge in [0.2, 0.25) is 5.89 Å². The van der Waals surface area contributed by atoms with E-state index in [1.807, 2.05) is 0 Å². The zero-order chi connectivity index (χ0) is 13.8. The first-order valence-corrected chi connectivity index (χ1v) is 8.24. The van der Waals surface area contributed by atoms with Crippen LogP contribution in [0.2, 0.25) is 0 Å². The molecule has 1 aliphatic heterocycles. The average Bonchev–Trinajstić information content (AvgIpc) is 2.97. The second-order valence-corrected chi connectivity index (χ2v) is 5.98. The minimum Gasteiger partial charge on any atom is -0.339 e. The third-order valence-corrected chi connectivity index (χ3v) is 4.44. The molecule has 4 nitrogen and oxygen atoms in total. The molecule has 2 aromatic rings. The maximum atomic E-state index is 5.43. The highest BCUT2D eigenvalue weighted by atomic mass is 35.5. The molecular formula is C15H20ClN3OS. The molecule has 0 bridgehead atoms. The molecule has 0 saturated carbocycles. The van der Waals surface area contributed by atoms with Crippen molar-refractivity contribution in [3.63, 3.8) is 0 Å². The number of benzene rings is 1. The van der Waals surface area contributed by atoms with Crippen molar-refractivity contribution in [1.82, 2.24) is 15.5 Å². The minimum atomic E-state index is 0. The standard InChI is InChI=1S/C15H19N3OS.ClH/c1-20-13-4-2-11(3-5-13)10-14-17-15(19-18-14)12-6-8-16-9-7-12;/h2-5,12,16H,6-10H2,1H3;1H. The summed E-state index contributed by atoms with van der Waals surface area (Å²) < 4.78 is 5.43. The van der Waals surface area contributed by atoms with Crippen molar-refractivity contribution in [2.24, 2.45) is 0 Å². The van der Waals surface area contributed by atoms with Gasteiger partial charge in [-0.15, -0.1) is 24.2 Å². The van der Waals surface area contributed by atoms with E-state index in [0.717, 1.165) is 44.1 Å². The highest BCUT2D eigenvalue weighted by molar-refractivity contribution is 7.98. The molecule has 114 valence electrons. The molecule has 0 aliphatic carbocycles. The van der Waals surface area contributed by atoms with Gasteiger partial charge in [-0.3, -0.25) is 0 Å². The Kier molecular flexibility index (Phi) is 6.08. The van der Waals surface area contributed by atoms with Gasteiger partial charge in [-0.1, -0.05) is 17.3 Å². The SMILES string of the molecule is CSc1ccc(Cc2noc(C3CCNCC3)n2)cc1.Cl. The average molecular weight is 326 g/mol. The van der Waals surface area contributed by atoms with Gasteiger partial charge in [0.15, 0.2) is 5.82 Å². The molecule has 3 rings (SSSR count). The Balaban J connectivity index is 0.00000161. The van der Waals surface area contributed by atoms with Crippen molar-refractivity contribution in [3.8, 4) is 0 Å². The molecule has 1 aromatic carbocycles. The van der Waals surface area contributed by atoms with E-state index in [1.165, 1.54) is 10.5 Å². The predicted molar refractivity (Wildman–Crippen MR) is 87.4 cm³/mol. The highest BCUT2D eigenvalue weighted by Gasteiger charge is 2.21. The van der Waals surface area contributed by atoms with Crippen LogP contribution in [0.25, 0.3) is 0 Å². The first-order chi connectivity index (χ1) is 9.85. The summed E-state index contributed by atoms with van der Waals surface area (Å²) >= 11 is 1.75. The number of nitrogens with one attached hydrogen (secondary N) is 1. The van der Waals surface area contributed by atoms with Gasteiger partial charge in [0.1, 0.15) is 0 Å². The van der Waals surface area contributed by atoms with Crippen molar-refractivity contribution >= 4 is 24.2 Å². The number of aromatic nitrogens is 2. The first-order valence-electron chi connectivity index (χ1n) is 7.01. The molecule has 0 amide bonds. The van der Waals surface area contributed by atoms with Gasteiger partial charge in [-0.2, -0.15) is 4.98 Å². The van der Waals surface area contributed by atoms with Crippen LogP contribution >= 0.6 is 24.2 Å². The molecule has 21 heavy (non-hydrogen) atoms. The van der Waals surface area contributed by atoms with Gasteiger partial charge in [-0.25, -0.2) is 0 Å². The Morgan fingerprint density at radius 2 is 1.95 bits per heavy atom. The topological polar surface area (TPSA) is 51.0 Å². The van der Waals surface area contributed by atoms with Crippen LogP contribution in [0.1, 0.15) is 36.0 Å². The van der Waals surface area contributed by atoms with Gasteiger partial charge >= 0.3 is 0 Å². The summed E-state index contributed by atoms with van der Waals surface area (Å²) in [6, 6.07) is 8.53. The number of halogens is 1. The summed E-state index contributed by atoms with van der Waals surface area (Å²) in [4.78, 5) is 5.84. The summed E-state index contributed by atoms with van der Waals surface area (Å²) in [7, 11) is 0. The van der Waals surface area contributed by atoms with Gasteiger partial charge in [-0.05, 0) is 49.9 Å². The van der Waals surface area contributed by atoms with Crippen LogP contribution in [-0.2, 0) is 6.42 Å². The molecule has 1 aromatic heterocycles. The molecule has 1 aliphatic rings. The lowest BCUT2D eigenvalue weighted by atomic mass is 9.98. The summed E-state index contributed by atoms with van der Waals surface area (Å²) in [5.41, 5.74) is 1.22. The fourth-order valence-electron chi connectivity index (χ4n) is 2.50. The Hall–Kier alpha value is -1.04. The molecule has 2 heterocycles. The smallest absolute Gasteiger partial charge is 0.229 e. The van der Waals surface area contributed by atoms with Crippen molar-refractivity contribution in [2.75, 3.05) is 19.3 Å². The number of rotatable bonds is 4. The minimum absolute atomic E-state index is 0.